The van der Waals surface area contributed by atoms with Crippen molar-refractivity contribution < 1.29 is 0 Å². The minimum atomic E-state index is -0.371. The Kier molecular flexibility index (Phi) is 11.1. The first kappa shape index (κ1) is 33.0. The molecule has 47 heavy (non-hydrogen) atoms. The molecule has 0 radical (unpaired) electrons. The van der Waals surface area contributed by atoms with E-state index in [1.165, 1.54) is 125 Å². The second-order valence-electron chi connectivity index (χ2n) is 13.9. The highest BCUT2D eigenvalue weighted by Gasteiger charge is 2.46. The van der Waals surface area contributed by atoms with Crippen LogP contribution in [-0.4, -0.2) is 0 Å². The van der Waals surface area contributed by atoms with Gasteiger partial charge in [-0.05, 0) is 106 Å². The second kappa shape index (κ2) is 15.8. The lowest BCUT2D eigenvalue weighted by atomic mass is 9.67. The standard InChI is InChI=1S/C47H54/c1-4-7-10-12-17-37-23-30-41(31-24-37)47(42-32-25-38(26-33-42)18-13-11-8-5-2)45-20-15-14-19-43(45)44-34-29-40(35-46(44)47)39-27-21-36(22-28-39)16-9-6-3/h14-15,19-35H,4-13,16-18H2,1-3H3. The normalized spacial score (nSPS) is 13.0. The lowest BCUT2D eigenvalue weighted by Crippen LogP contribution is -2.28. The van der Waals surface area contributed by atoms with Gasteiger partial charge in [0.1, 0.15) is 0 Å². The number of benzene rings is 5. The molecule has 0 N–H and O–H groups in total. The third-order valence-electron chi connectivity index (χ3n) is 10.6. The fourth-order valence-electron chi connectivity index (χ4n) is 7.85. The van der Waals surface area contributed by atoms with Crippen LogP contribution in [0.4, 0.5) is 0 Å². The summed E-state index contributed by atoms with van der Waals surface area (Å²) in [5.41, 5.74) is 14.8. The van der Waals surface area contributed by atoms with E-state index in [2.05, 4.69) is 136 Å². The minimum Gasteiger partial charge on any atom is -0.0654 e. The summed E-state index contributed by atoms with van der Waals surface area (Å²) in [6, 6.07) is 45.1. The summed E-state index contributed by atoms with van der Waals surface area (Å²) < 4.78 is 0. The maximum atomic E-state index is 2.51. The number of aryl methyl sites for hydroxylation is 3. The van der Waals surface area contributed by atoms with E-state index in [1.807, 2.05) is 0 Å². The van der Waals surface area contributed by atoms with E-state index in [4.69, 9.17) is 0 Å². The van der Waals surface area contributed by atoms with Crippen LogP contribution in [0.1, 0.15) is 124 Å². The SMILES string of the molecule is CCCCCCc1ccc(C2(c3ccc(CCCCCC)cc3)c3ccccc3-c3ccc(-c4ccc(CCCC)cc4)cc32)cc1. The van der Waals surface area contributed by atoms with Gasteiger partial charge in [0, 0.05) is 0 Å². The van der Waals surface area contributed by atoms with Crippen molar-refractivity contribution in [3.8, 4) is 22.3 Å². The fourth-order valence-corrected chi connectivity index (χ4v) is 7.85. The van der Waals surface area contributed by atoms with Gasteiger partial charge in [0.05, 0.1) is 5.41 Å². The molecule has 6 rings (SSSR count). The zero-order valence-electron chi connectivity index (χ0n) is 29.2. The van der Waals surface area contributed by atoms with E-state index in [9.17, 15) is 0 Å². The molecule has 0 heteroatoms. The van der Waals surface area contributed by atoms with Crippen LogP contribution in [0.25, 0.3) is 22.3 Å². The Morgan fingerprint density at radius 1 is 0.383 bits per heavy atom. The van der Waals surface area contributed by atoms with Gasteiger partial charge in [0.2, 0.25) is 0 Å². The molecule has 1 aliphatic rings. The highest BCUT2D eigenvalue weighted by Crippen LogP contribution is 2.56. The van der Waals surface area contributed by atoms with Gasteiger partial charge in [-0.2, -0.15) is 0 Å². The van der Waals surface area contributed by atoms with Gasteiger partial charge in [-0.15, -0.1) is 0 Å². The molecule has 0 nitrogen and oxygen atoms in total. The van der Waals surface area contributed by atoms with Gasteiger partial charge >= 0.3 is 0 Å². The summed E-state index contributed by atoms with van der Waals surface area (Å²) in [6.45, 7) is 6.85. The lowest BCUT2D eigenvalue weighted by molar-refractivity contribution is 0.666. The number of rotatable bonds is 16. The van der Waals surface area contributed by atoms with E-state index >= 15 is 0 Å². The number of fused-ring (bicyclic) bond motifs is 3. The Bertz CT molecular complexity index is 1650. The predicted molar refractivity (Wildman–Crippen MR) is 203 cm³/mol. The topological polar surface area (TPSA) is 0 Å². The minimum absolute atomic E-state index is 0.371. The summed E-state index contributed by atoms with van der Waals surface area (Å²) in [6.07, 6.45) is 16.3. The van der Waals surface area contributed by atoms with Gasteiger partial charge in [-0.1, -0.05) is 175 Å². The smallest absolute Gasteiger partial charge is 0.0654 e. The molecule has 0 saturated heterocycles. The second-order valence-corrected chi connectivity index (χ2v) is 13.9. The van der Waals surface area contributed by atoms with E-state index < -0.39 is 0 Å². The van der Waals surface area contributed by atoms with E-state index in [1.54, 1.807) is 0 Å². The van der Waals surface area contributed by atoms with Crippen molar-refractivity contribution in [2.45, 2.75) is 110 Å². The van der Waals surface area contributed by atoms with Gasteiger partial charge in [-0.3, -0.25) is 0 Å². The predicted octanol–water partition coefficient (Wildman–Crippen LogP) is 13.3. The quantitative estimate of drug-likeness (QED) is 0.0947. The molecule has 0 fully saturated rings. The van der Waals surface area contributed by atoms with Crippen molar-refractivity contribution in [3.05, 3.63) is 154 Å². The molecule has 0 saturated carbocycles. The zero-order chi connectivity index (χ0) is 32.5. The monoisotopic (exact) mass is 618 g/mol. The highest BCUT2D eigenvalue weighted by molar-refractivity contribution is 5.88. The first-order valence-corrected chi connectivity index (χ1v) is 18.7. The van der Waals surface area contributed by atoms with Crippen molar-refractivity contribution in [1.29, 1.82) is 0 Å². The van der Waals surface area contributed by atoms with E-state index in [0.29, 0.717) is 0 Å². The lowest BCUT2D eigenvalue weighted by Gasteiger charge is -2.34. The Hall–Kier alpha value is -3.90. The Morgan fingerprint density at radius 3 is 1.40 bits per heavy atom. The van der Waals surface area contributed by atoms with Crippen LogP contribution in [0.15, 0.2) is 115 Å². The van der Waals surface area contributed by atoms with Crippen molar-refractivity contribution in [3.63, 3.8) is 0 Å². The molecule has 0 aromatic heterocycles. The van der Waals surface area contributed by atoms with Crippen LogP contribution >= 0.6 is 0 Å². The van der Waals surface area contributed by atoms with Crippen LogP contribution in [-0.2, 0) is 24.7 Å². The summed E-state index contributed by atoms with van der Waals surface area (Å²) in [5, 5.41) is 0. The molecule has 0 spiro atoms. The summed E-state index contributed by atoms with van der Waals surface area (Å²) in [7, 11) is 0. The zero-order valence-corrected chi connectivity index (χ0v) is 29.2. The molecule has 0 atom stereocenters. The summed E-state index contributed by atoms with van der Waals surface area (Å²) >= 11 is 0. The largest absolute Gasteiger partial charge is 0.0713 e. The van der Waals surface area contributed by atoms with Crippen LogP contribution in [0.3, 0.4) is 0 Å². The molecular weight excluding hydrogens is 565 g/mol. The molecule has 5 aromatic carbocycles. The van der Waals surface area contributed by atoms with E-state index in [0.717, 1.165) is 19.3 Å². The van der Waals surface area contributed by atoms with Crippen LogP contribution in [0, 0.1) is 0 Å². The van der Waals surface area contributed by atoms with E-state index in [-0.39, 0.29) is 5.41 Å². The van der Waals surface area contributed by atoms with Crippen LogP contribution < -0.4 is 0 Å². The van der Waals surface area contributed by atoms with Crippen molar-refractivity contribution >= 4 is 0 Å². The fraction of sp³-hybridized carbons (Fsp3) is 0.362. The highest BCUT2D eigenvalue weighted by atomic mass is 14.5. The number of unbranched alkanes of at least 4 members (excludes halogenated alkanes) is 7. The van der Waals surface area contributed by atoms with Crippen LogP contribution in [0.2, 0.25) is 0 Å². The third-order valence-corrected chi connectivity index (χ3v) is 10.6. The van der Waals surface area contributed by atoms with Gasteiger partial charge in [-0.25, -0.2) is 0 Å². The first-order valence-electron chi connectivity index (χ1n) is 18.7. The van der Waals surface area contributed by atoms with Crippen molar-refractivity contribution in [2.75, 3.05) is 0 Å². The molecule has 0 amide bonds. The van der Waals surface area contributed by atoms with Crippen LogP contribution in [0.5, 0.6) is 0 Å². The third kappa shape index (κ3) is 7.03. The number of hydrogen-bond acceptors (Lipinski definition) is 0. The average molecular weight is 619 g/mol. The Labute approximate surface area is 285 Å². The Morgan fingerprint density at radius 2 is 0.851 bits per heavy atom. The summed E-state index contributed by atoms with van der Waals surface area (Å²) in [5.74, 6) is 0. The maximum Gasteiger partial charge on any atom is 0.0713 e. The van der Waals surface area contributed by atoms with Gasteiger partial charge in [0.25, 0.3) is 0 Å². The number of hydrogen-bond donors (Lipinski definition) is 0. The average Bonchev–Trinajstić information content (AvgIpc) is 3.42. The summed E-state index contributed by atoms with van der Waals surface area (Å²) in [4.78, 5) is 0. The molecule has 1 aliphatic carbocycles. The molecule has 242 valence electrons. The van der Waals surface area contributed by atoms with Crippen molar-refractivity contribution in [1.82, 2.24) is 0 Å². The molecular formula is C47H54. The van der Waals surface area contributed by atoms with Gasteiger partial charge in [0.15, 0.2) is 0 Å². The van der Waals surface area contributed by atoms with Crippen molar-refractivity contribution in [2.24, 2.45) is 0 Å². The van der Waals surface area contributed by atoms with Gasteiger partial charge < -0.3 is 0 Å². The Balaban J connectivity index is 1.46. The molecule has 0 unspecified atom stereocenters. The first-order chi connectivity index (χ1) is 23.2. The molecule has 0 heterocycles. The molecule has 5 aromatic rings. The molecule has 0 aliphatic heterocycles. The maximum absolute atomic E-state index is 2.51. The molecule has 0 bridgehead atoms.